The quantitative estimate of drug-likeness (QED) is 0.707. The number of amides is 1. The highest BCUT2D eigenvalue weighted by Gasteiger charge is 2.35. The lowest BCUT2D eigenvalue weighted by atomic mass is 9.93. The maximum atomic E-state index is 13.7. The van der Waals surface area contributed by atoms with Gasteiger partial charge in [0.05, 0.1) is 16.1 Å². The minimum absolute atomic E-state index is 0.131. The van der Waals surface area contributed by atoms with E-state index in [0.717, 1.165) is 16.9 Å². The number of hydrogen-bond donors (Lipinski definition) is 1. The van der Waals surface area contributed by atoms with Crippen LogP contribution in [0.15, 0.2) is 64.3 Å². The van der Waals surface area contributed by atoms with Gasteiger partial charge in [-0.15, -0.1) is 0 Å². The molecule has 3 rings (SSSR count). The lowest BCUT2D eigenvalue weighted by Gasteiger charge is -2.38. The van der Waals surface area contributed by atoms with Gasteiger partial charge >= 0.3 is 0 Å². The SMILES string of the molecule is CC1=C(C(=O)N(C)C)C(c2ccc(F)c(Br)c2)NC(=S)N1c1ccccc1. The molecule has 140 valence electrons. The Morgan fingerprint density at radius 3 is 2.48 bits per heavy atom. The van der Waals surface area contributed by atoms with Crippen LogP contribution in [0.4, 0.5) is 10.1 Å². The van der Waals surface area contributed by atoms with E-state index in [-0.39, 0.29) is 11.7 Å². The maximum absolute atomic E-state index is 13.7. The number of allylic oxidation sites excluding steroid dienone is 1. The third kappa shape index (κ3) is 3.75. The number of halogens is 2. The predicted octanol–water partition coefficient (Wildman–Crippen LogP) is 4.39. The number of para-hydroxylation sites is 1. The van der Waals surface area contributed by atoms with Crippen LogP contribution >= 0.6 is 28.1 Å². The Labute approximate surface area is 171 Å². The molecule has 0 saturated carbocycles. The van der Waals surface area contributed by atoms with Crippen molar-refractivity contribution in [1.29, 1.82) is 0 Å². The molecule has 2 aromatic rings. The lowest BCUT2D eigenvalue weighted by Crippen LogP contribution is -2.49. The second kappa shape index (κ2) is 7.78. The van der Waals surface area contributed by atoms with Gasteiger partial charge in [0.1, 0.15) is 5.82 Å². The van der Waals surface area contributed by atoms with E-state index in [0.29, 0.717) is 15.2 Å². The van der Waals surface area contributed by atoms with E-state index in [1.54, 1.807) is 26.2 Å². The van der Waals surface area contributed by atoms with Gasteiger partial charge in [-0.3, -0.25) is 9.69 Å². The Hall–Kier alpha value is -2.25. The van der Waals surface area contributed by atoms with E-state index in [4.69, 9.17) is 12.2 Å². The average Bonchev–Trinajstić information content (AvgIpc) is 2.64. The molecule has 1 heterocycles. The van der Waals surface area contributed by atoms with E-state index in [9.17, 15) is 9.18 Å². The summed E-state index contributed by atoms with van der Waals surface area (Å²) in [6.45, 7) is 1.88. The highest BCUT2D eigenvalue weighted by Crippen LogP contribution is 2.35. The zero-order valence-corrected chi connectivity index (χ0v) is 17.6. The molecule has 2 aromatic carbocycles. The maximum Gasteiger partial charge on any atom is 0.253 e. The van der Waals surface area contributed by atoms with Crippen molar-refractivity contribution < 1.29 is 9.18 Å². The Morgan fingerprint density at radius 2 is 1.89 bits per heavy atom. The number of carbonyl (C=O) groups is 1. The molecule has 0 bridgehead atoms. The summed E-state index contributed by atoms with van der Waals surface area (Å²) < 4.78 is 14.0. The van der Waals surface area contributed by atoms with Gasteiger partial charge in [-0.05, 0) is 64.9 Å². The van der Waals surface area contributed by atoms with Gasteiger partial charge in [0.25, 0.3) is 5.91 Å². The number of thiocarbonyl (C=S) groups is 1. The topological polar surface area (TPSA) is 35.6 Å². The van der Waals surface area contributed by atoms with Crippen LogP contribution in [0.3, 0.4) is 0 Å². The summed E-state index contributed by atoms with van der Waals surface area (Å²) >= 11 is 8.82. The largest absolute Gasteiger partial charge is 0.351 e. The van der Waals surface area contributed by atoms with Crippen LogP contribution in [0, 0.1) is 5.82 Å². The molecular formula is C20H19BrFN3OS. The number of carbonyl (C=O) groups excluding carboxylic acids is 1. The highest BCUT2D eigenvalue weighted by atomic mass is 79.9. The second-order valence-electron chi connectivity index (χ2n) is 6.43. The van der Waals surface area contributed by atoms with Gasteiger partial charge in [-0.1, -0.05) is 24.3 Å². The fraction of sp³-hybridized carbons (Fsp3) is 0.200. The summed E-state index contributed by atoms with van der Waals surface area (Å²) in [4.78, 5) is 16.4. The third-order valence-corrected chi connectivity index (χ3v) is 5.32. The summed E-state index contributed by atoms with van der Waals surface area (Å²) in [6.07, 6.45) is 0. The number of likely N-dealkylation sites (N-methyl/N-ethyl adjacent to an activating group) is 1. The molecule has 0 radical (unpaired) electrons. The van der Waals surface area contributed by atoms with Crippen molar-refractivity contribution in [3.05, 3.63) is 75.7 Å². The minimum atomic E-state index is -0.468. The molecule has 27 heavy (non-hydrogen) atoms. The molecule has 0 aliphatic carbocycles. The van der Waals surface area contributed by atoms with E-state index < -0.39 is 6.04 Å². The zero-order valence-electron chi connectivity index (χ0n) is 15.2. The van der Waals surface area contributed by atoms with Crippen LogP contribution < -0.4 is 10.2 Å². The summed E-state index contributed by atoms with van der Waals surface area (Å²) in [5.74, 6) is -0.488. The molecule has 1 aliphatic heterocycles. The molecule has 1 amide bonds. The smallest absolute Gasteiger partial charge is 0.253 e. The Kier molecular flexibility index (Phi) is 5.62. The summed E-state index contributed by atoms with van der Waals surface area (Å²) in [5, 5.41) is 3.74. The molecule has 4 nitrogen and oxygen atoms in total. The molecule has 0 saturated heterocycles. The molecule has 7 heteroatoms. The first kappa shape index (κ1) is 19.5. The Bertz CT molecular complexity index is 930. The average molecular weight is 448 g/mol. The molecule has 0 aromatic heterocycles. The van der Waals surface area contributed by atoms with Gasteiger partial charge in [0, 0.05) is 25.5 Å². The van der Waals surface area contributed by atoms with E-state index in [2.05, 4.69) is 21.2 Å². The molecule has 1 aliphatic rings. The second-order valence-corrected chi connectivity index (χ2v) is 7.67. The van der Waals surface area contributed by atoms with Crippen LogP contribution in [0.5, 0.6) is 0 Å². The fourth-order valence-corrected chi connectivity index (χ4v) is 3.85. The highest BCUT2D eigenvalue weighted by molar-refractivity contribution is 9.10. The lowest BCUT2D eigenvalue weighted by molar-refractivity contribution is -0.125. The number of rotatable bonds is 3. The fourth-order valence-electron chi connectivity index (χ4n) is 3.09. The van der Waals surface area contributed by atoms with Gasteiger partial charge in [-0.25, -0.2) is 4.39 Å². The van der Waals surface area contributed by atoms with Crippen molar-refractivity contribution in [2.24, 2.45) is 0 Å². The summed E-state index contributed by atoms with van der Waals surface area (Å²) in [7, 11) is 3.42. The van der Waals surface area contributed by atoms with Crippen LogP contribution in [0.25, 0.3) is 0 Å². The summed E-state index contributed by atoms with van der Waals surface area (Å²) in [5.41, 5.74) is 2.93. The molecular weight excluding hydrogens is 429 g/mol. The molecule has 0 fully saturated rings. The third-order valence-electron chi connectivity index (χ3n) is 4.41. The van der Waals surface area contributed by atoms with Crippen LogP contribution in [-0.4, -0.2) is 30.0 Å². The van der Waals surface area contributed by atoms with E-state index >= 15 is 0 Å². The van der Waals surface area contributed by atoms with Crippen molar-refractivity contribution in [2.75, 3.05) is 19.0 Å². The normalized spacial score (nSPS) is 17.0. The molecule has 1 unspecified atom stereocenters. The minimum Gasteiger partial charge on any atom is -0.351 e. The van der Waals surface area contributed by atoms with Crippen LogP contribution in [-0.2, 0) is 4.79 Å². The Morgan fingerprint density at radius 1 is 1.22 bits per heavy atom. The Balaban J connectivity index is 2.17. The van der Waals surface area contributed by atoms with Crippen molar-refractivity contribution in [3.63, 3.8) is 0 Å². The number of nitrogens with zero attached hydrogens (tertiary/aromatic N) is 2. The van der Waals surface area contributed by atoms with Gasteiger partial charge in [0.2, 0.25) is 0 Å². The first-order chi connectivity index (χ1) is 12.8. The number of anilines is 1. The van der Waals surface area contributed by atoms with Crippen LogP contribution in [0.2, 0.25) is 0 Å². The first-order valence-corrected chi connectivity index (χ1v) is 9.54. The van der Waals surface area contributed by atoms with Crippen molar-refractivity contribution >= 4 is 44.9 Å². The first-order valence-electron chi connectivity index (χ1n) is 8.34. The van der Waals surface area contributed by atoms with Gasteiger partial charge in [0.15, 0.2) is 5.11 Å². The van der Waals surface area contributed by atoms with Crippen molar-refractivity contribution in [2.45, 2.75) is 13.0 Å². The van der Waals surface area contributed by atoms with Crippen molar-refractivity contribution in [1.82, 2.24) is 10.2 Å². The van der Waals surface area contributed by atoms with E-state index in [1.165, 1.54) is 11.0 Å². The molecule has 1 N–H and O–H groups in total. The molecule has 1 atom stereocenters. The monoisotopic (exact) mass is 447 g/mol. The molecule has 0 spiro atoms. The summed E-state index contributed by atoms with van der Waals surface area (Å²) in [6, 6.07) is 13.9. The van der Waals surface area contributed by atoms with Gasteiger partial charge < -0.3 is 10.2 Å². The standard InChI is InChI=1S/C20H19BrFN3OS/c1-12-17(19(26)24(2)3)18(13-9-10-16(22)15(21)11-13)23-20(27)25(12)14-7-5-4-6-8-14/h4-11,18H,1-3H3,(H,23,27). The van der Waals surface area contributed by atoms with Crippen LogP contribution in [0.1, 0.15) is 18.5 Å². The van der Waals surface area contributed by atoms with Crippen molar-refractivity contribution in [3.8, 4) is 0 Å². The van der Waals surface area contributed by atoms with Gasteiger partial charge in [-0.2, -0.15) is 0 Å². The zero-order chi connectivity index (χ0) is 19.7. The van der Waals surface area contributed by atoms with E-state index in [1.807, 2.05) is 42.2 Å². The number of hydrogen-bond acceptors (Lipinski definition) is 2. The predicted molar refractivity (Wildman–Crippen MR) is 113 cm³/mol. The number of benzene rings is 2. The number of nitrogens with one attached hydrogen (secondary N) is 1.